The maximum Gasteiger partial charge on any atom is 0.243 e. The van der Waals surface area contributed by atoms with Crippen LogP contribution >= 0.6 is 11.6 Å². The van der Waals surface area contributed by atoms with Crippen LogP contribution in [0.15, 0.2) is 53.4 Å². The van der Waals surface area contributed by atoms with Gasteiger partial charge in [0, 0.05) is 17.8 Å². The number of nitrogens with zero attached hydrogens (tertiary/aromatic N) is 1. The van der Waals surface area contributed by atoms with E-state index in [-0.39, 0.29) is 10.6 Å². The zero-order chi connectivity index (χ0) is 17.0. The maximum atomic E-state index is 13.1. The summed E-state index contributed by atoms with van der Waals surface area (Å²) in [5.41, 5.74) is 0.257. The SMILES string of the molecule is CN(CC(=O)Nc1cccc(F)c1)S(=O)(=O)c1ccc(Cl)cc1. The van der Waals surface area contributed by atoms with Gasteiger partial charge in [0.2, 0.25) is 15.9 Å². The molecule has 2 rings (SSSR count). The third-order valence-corrected chi connectivity index (χ3v) is 5.07. The Morgan fingerprint density at radius 3 is 2.48 bits per heavy atom. The van der Waals surface area contributed by atoms with E-state index in [1.165, 1.54) is 49.5 Å². The van der Waals surface area contributed by atoms with Crippen LogP contribution in [0.2, 0.25) is 5.02 Å². The van der Waals surface area contributed by atoms with Gasteiger partial charge in [0.25, 0.3) is 0 Å². The number of anilines is 1. The molecule has 2 aromatic carbocycles. The molecule has 0 aliphatic rings. The van der Waals surface area contributed by atoms with Crippen molar-refractivity contribution in [3.63, 3.8) is 0 Å². The fourth-order valence-corrected chi connectivity index (χ4v) is 3.09. The Balaban J connectivity index is 2.06. The van der Waals surface area contributed by atoms with Crippen LogP contribution in [-0.4, -0.2) is 32.2 Å². The van der Waals surface area contributed by atoms with Gasteiger partial charge < -0.3 is 5.32 Å². The fourth-order valence-electron chi connectivity index (χ4n) is 1.84. The van der Waals surface area contributed by atoms with Crippen molar-refractivity contribution in [3.8, 4) is 0 Å². The van der Waals surface area contributed by atoms with Crippen molar-refractivity contribution < 1.29 is 17.6 Å². The Kier molecular flexibility index (Phi) is 5.35. The van der Waals surface area contributed by atoms with Gasteiger partial charge >= 0.3 is 0 Å². The topological polar surface area (TPSA) is 66.5 Å². The van der Waals surface area contributed by atoms with Crippen molar-refractivity contribution >= 4 is 33.2 Å². The molecule has 0 unspecified atom stereocenters. The molecule has 0 aliphatic carbocycles. The van der Waals surface area contributed by atoms with Crippen LogP contribution in [0.25, 0.3) is 0 Å². The quantitative estimate of drug-likeness (QED) is 0.895. The number of nitrogens with one attached hydrogen (secondary N) is 1. The molecule has 0 bridgehead atoms. The average molecular weight is 357 g/mol. The summed E-state index contributed by atoms with van der Waals surface area (Å²) in [6.45, 7) is -0.401. The number of amides is 1. The highest BCUT2D eigenvalue weighted by molar-refractivity contribution is 7.89. The van der Waals surface area contributed by atoms with E-state index in [0.29, 0.717) is 5.02 Å². The minimum atomic E-state index is -3.81. The van der Waals surface area contributed by atoms with Crippen LogP contribution in [0.5, 0.6) is 0 Å². The lowest BCUT2D eigenvalue weighted by Gasteiger charge is -2.17. The van der Waals surface area contributed by atoms with Gasteiger partial charge in [-0.05, 0) is 42.5 Å². The van der Waals surface area contributed by atoms with Crippen LogP contribution in [0, 0.1) is 5.82 Å². The van der Waals surface area contributed by atoms with Gasteiger partial charge in [0.05, 0.1) is 11.4 Å². The normalized spacial score (nSPS) is 11.5. The van der Waals surface area contributed by atoms with Crippen molar-refractivity contribution in [1.82, 2.24) is 4.31 Å². The van der Waals surface area contributed by atoms with Gasteiger partial charge in [0.1, 0.15) is 5.82 Å². The zero-order valence-corrected chi connectivity index (χ0v) is 13.7. The molecule has 122 valence electrons. The number of carbonyl (C=O) groups excluding carboxylic acids is 1. The first-order valence-electron chi connectivity index (χ1n) is 6.56. The van der Waals surface area contributed by atoms with Gasteiger partial charge in [0.15, 0.2) is 0 Å². The highest BCUT2D eigenvalue weighted by atomic mass is 35.5. The van der Waals surface area contributed by atoms with Gasteiger partial charge in [-0.15, -0.1) is 0 Å². The molecule has 0 saturated heterocycles. The van der Waals surface area contributed by atoms with Crippen LogP contribution < -0.4 is 5.32 Å². The van der Waals surface area contributed by atoms with Crippen LogP contribution in [0.1, 0.15) is 0 Å². The second kappa shape index (κ2) is 7.08. The minimum absolute atomic E-state index is 0.0305. The molecular weight excluding hydrogens is 343 g/mol. The molecule has 0 aliphatic heterocycles. The fraction of sp³-hybridized carbons (Fsp3) is 0.133. The maximum absolute atomic E-state index is 13.1. The first-order valence-corrected chi connectivity index (χ1v) is 8.38. The van der Waals surface area contributed by atoms with E-state index in [1.807, 2.05) is 0 Å². The molecule has 0 saturated carbocycles. The van der Waals surface area contributed by atoms with Crippen molar-refractivity contribution in [2.75, 3.05) is 18.9 Å². The summed E-state index contributed by atoms with van der Waals surface area (Å²) >= 11 is 5.73. The molecule has 0 fully saturated rings. The van der Waals surface area contributed by atoms with E-state index in [9.17, 15) is 17.6 Å². The third-order valence-electron chi connectivity index (χ3n) is 3.00. The van der Waals surface area contributed by atoms with Crippen molar-refractivity contribution in [3.05, 3.63) is 59.4 Å². The molecular formula is C15H14ClFN2O3S. The van der Waals surface area contributed by atoms with E-state index < -0.39 is 28.3 Å². The zero-order valence-electron chi connectivity index (χ0n) is 12.2. The van der Waals surface area contributed by atoms with Crippen LogP contribution in [0.4, 0.5) is 10.1 Å². The summed E-state index contributed by atoms with van der Waals surface area (Å²) < 4.78 is 38.6. The molecule has 1 N–H and O–H groups in total. The summed E-state index contributed by atoms with van der Waals surface area (Å²) in [5, 5.41) is 2.85. The minimum Gasteiger partial charge on any atom is -0.325 e. The van der Waals surface area contributed by atoms with E-state index >= 15 is 0 Å². The second-order valence-electron chi connectivity index (χ2n) is 4.77. The predicted octanol–water partition coefficient (Wildman–Crippen LogP) is 2.74. The smallest absolute Gasteiger partial charge is 0.243 e. The predicted molar refractivity (Wildman–Crippen MR) is 86.3 cm³/mol. The molecule has 0 spiro atoms. The molecule has 1 amide bonds. The van der Waals surface area contributed by atoms with Gasteiger partial charge in [-0.25, -0.2) is 12.8 Å². The van der Waals surface area contributed by atoms with E-state index in [2.05, 4.69) is 5.32 Å². The van der Waals surface area contributed by atoms with Crippen LogP contribution in [-0.2, 0) is 14.8 Å². The number of benzene rings is 2. The Bertz CT molecular complexity index is 810. The molecule has 2 aromatic rings. The number of hydrogen-bond donors (Lipinski definition) is 1. The van der Waals surface area contributed by atoms with Gasteiger partial charge in [-0.3, -0.25) is 4.79 Å². The molecule has 8 heteroatoms. The summed E-state index contributed by atoms with van der Waals surface area (Å²) in [6.07, 6.45) is 0. The summed E-state index contributed by atoms with van der Waals surface area (Å²) in [6, 6.07) is 11.0. The first kappa shape index (κ1) is 17.4. The number of halogens is 2. The highest BCUT2D eigenvalue weighted by Gasteiger charge is 2.22. The van der Waals surface area contributed by atoms with E-state index in [0.717, 1.165) is 10.4 Å². The number of rotatable bonds is 5. The molecule has 23 heavy (non-hydrogen) atoms. The monoisotopic (exact) mass is 356 g/mol. The summed E-state index contributed by atoms with van der Waals surface area (Å²) in [4.78, 5) is 11.9. The number of carbonyl (C=O) groups is 1. The van der Waals surface area contributed by atoms with Crippen molar-refractivity contribution in [2.24, 2.45) is 0 Å². The Hall–Kier alpha value is -1.96. The molecule has 0 aromatic heterocycles. The summed E-state index contributed by atoms with van der Waals surface area (Å²) in [5.74, 6) is -1.07. The number of hydrogen-bond acceptors (Lipinski definition) is 3. The van der Waals surface area contributed by atoms with Crippen molar-refractivity contribution in [2.45, 2.75) is 4.90 Å². The Morgan fingerprint density at radius 2 is 1.87 bits per heavy atom. The lowest BCUT2D eigenvalue weighted by Crippen LogP contribution is -2.34. The van der Waals surface area contributed by atoms with Gasteiger partial charge in [-0.1, -0.05) is 17.7 Å². The number of sulfonamides is 1. The highest BCUT2D eigenvalue weighted by Crippen LogP contribution is 2.17. The lowest BCUT2D eigenvalue weighted by atomic mass is 10.3. The molecule has 0 radical (unpaired) electrons. The molecule has 0 atom stereocenters. The Morgan fingerprint density at radius 1 is 1.22 bits per heavy atom. The van der Waals surface area contributed by atoms with Crippen LogP contribution in [0.3, 0.4) is 0 Å². The standard InChI is InChI=1S/C15H14ClFN2O3S/c1-19(23(21,22)14-7-5-11(16)6-8-14)10-15(20)18-13-4-2-3-12(17)9-13/h2-9H,10H2,1H3,(H,18,20). The largest absolute Gasteiger partial charge is 0.325 e. The van der Waals surface area contributed by atoms with E-state index in [1.54, 1.807) is 0 Å². The summed E-state index contributed by atoms with van der Waals surface area (Å²) in [7, 11) is -2.52. The van der Waals surface area contributed by atoms with E-state index in [4.69, 9.17) is 11.6 Å². The molecule has 0 heterocycles. The third kappa shape index (κ3) is 4.51. The number of likely N-dealkylation sites (N-methyl/N-ethyl adjacent to an activating group) is 1. The first-order chi connectivity index (χ1) is 10.8. The lowest BCUT2D eigenvalue weighted by molar-refractivity contribution is -0.116. The van der Waals surface area contributed by atoms with Gasteiger partial charge in [-0.2, -0.15) is 4.31 Å². The molecule has 5 nitrogen and oxygen atoms in total. The second-order valence-corrected chi connectivity index (χ2v) is 7.25. The Labute approximate surface area is 138 Å². The average Bonchev–Trinajstić information content (AvgIpc) is 2.47. The van der Waals surface area contributed by atoms with Crippen molar-refractivity contribution in [1.29, 1.82) is 0 Å².